The van der Waals surface area contributed by atoms with Crippen LogP contribution in [0.1, 0.15) is 17.5 Å². The van der Waals surface area contributed by atoms with Gasteiger partial charge in [-0.3, -0.25) is 4.31 Å². The van der Waals surface area contributed by atoms with Gasteiger partial charge in [0.25, 0.3) is 10.0 Å². The van der Waals surface area contributed by atoms with E-state index in [2.05, 4.69) is 15.9 Å². The number of hydrogen-bond acceptors (Lipinski definition) is 3. The highest BCUT2D eigenvalue weighted by atomic mass is 79.9. The first-order valence-corrected chi connectivity index (χ1v) is 11.1. The Labute approximate surface area is 174 Å². The largest absolute Gasteiger partial charge is 0.266 e. The summed E-state index contributed by atoms with van der Waals surface area (Å²) in [7, 11) is -3.74. The average molecular weight is 455 g/mol. The zero-order valence-electron chi connectivity index (χ0n) is 15.1. The molecule has 3 aromatic rings. The van der Waals surface area contributed by atoms with Gasteiger partial charge in [0.05, 0.1) is 22.2 Å². The quantitative estimate of drug-likeness (QED) is 0.495. The van der Waals surface area contributed by atoms with Crippen molar-refractivity contribution in [2.75, 3.05) is 10.8 Å². The van der Waals surface area contributed by atoms with Crippen LogP contribution < -0.4 is 4.31 Å². The molecule has 0 aliphatic heterocycles. The van der Waals surface area contributed by atoms with Gasteiger partial charge in [-0.15, -0.1) is 0 Å². The van der Waals surface area contributed by atoms with Crippen LogP contribution >= 0.6 is 15.9 Å². The summed E-state index contributed by atoms with van der Waals surface area (Å²) in [6.45, 7) is 0.360. The molecular formula is C22H19BrN2O2S. The summed E-state index contributed by atoms with van der Waals surface area (Å²) in [5.41, 5.74) is 2.22. The number of rotatable bonds is 7. The molecule has 0 atom stereocenters. The third-order valence-corrected chi connectivity index (χ3v) is 6.73. The molecule has 0 amide bonds. The summed E-state index contributed by atoms with van der Waals surface area (Å²) < 4.78 is 28.9. The molecule has 142 valence electrons. The van der Waals surface area contributed by atoms with Gasteiger partial charge < -0.3 is 0 Å². The van der Waals surface area contributed by atoms with E-state index in [9.17, 15) is 8.42 Å². The van der Waals surface area contributed by atoms with Crippen LogP contribution in [0.15, 0.2) is 88.2 Å². The summed E-state index contributed by atoms with van der Waals surface area (Å²) in [5.74, 6) is 0. The molecule has 0 unspecified atom stereocenters. The second-order valence-corrected chi connectivity index (χ2v) is 9.06. The lowest BCUT2D eigenvalue weighted by molar-refractivity contribution is 0.589. The second kappa shape index (κ2) is 9.05. The number of benzene rings is 3. The van der Waals surface area contributed by atoms with E-state index in [0.29, 0.717) is 24.2 Å². The van der Waals surface area contributed by atoms with Crippen LogP contribution in [0, 0.1) is 11.3 Å². The summed E-state index contributed by atoms with van der Waals surface area (Å²) >= 11 is 3.39. The number of nitrogens with zero attached hydrogens (tertiary/aromatic N) is 2. The van der Waals surface area contributed by atoms with Crippen LogP contribution in [-0.4, -0.2) is 15.0 Å². The van der Waals surface area contributed by atoms with Crippen molar-refractivity contribution in [2.24, 2.45) is 0 Å². The van der Waals surface area contributed by atoms with E-state index in [1.165, 1.54) is 34.1 Å². The molecule has 0 saturated heterocycles. The topological polar surface area (TPSA) is 61.2 Å². The molecule has 0 aliphatic rings. The van der Waals surface area contributed by atoms with Crippen LogP contribution in [0.2, 0.25) is 0 Å². The lowest BCUT2D eigenvalue weighted by Crippen LogP contribution is -2.32. The van der Waals surface area contributed by atoms with Gasteiger partial charge in [0.1, 0.15) is 0 Å². The second-order valence-electron chi connectivity index (χ2n) is 6.28. The third-order valence-electron chi connectivity index (χ3n) is 4.36. The van der Waals surface area contributed by atoms with E-state index in [1.807, 2.05) is 48.5 Å². The van der Waals surface area contributed by atoms with Gasteiger partial charge in [-0.25, -0.2) is 8.42 Å². The van der Waals surface area contributed by atoms with Crippen molar-refractivity contribution in [2.45, 2.75) is 17.7 Å². The number of nitriles is 1. The predicted molar refractivity (Wildman–Crippen MR) is 115 cm³/mol. The molecular weight excluding hydrogens is 436 g/mol. The van der Waals surface area contributed by atoms with Crippen molar-refractivity contribution >= 4 is 31.6 Å². The van der Waals surface area contributed by atoms with Crippen LogP contribution in [0.4, 0.5) is 5.69 Å². The van der Waals surface area contributed by atoms with Crippen LogP contribution in [0.3, 0.4) is 0 Å². The Bertz CT molecular complexity index is 1060. The number of sulfonamides is 1. The fourth-order valence-corrected chi connectivity index (χ4v) is 4.66. The molecule has 0 fully saturated rings. The van der Waals surface area contributed by atoms with Gasteiger partial charge in [-0.2, -0.15) is 5.26 Å². The van der Waals surface area contributed by atoms with E-state index in [-0.39, 0.29) is 4.90 Å². The van der Waals surface area contributed by atoms with E-state index in [1.54, 1.807) is 12.1 Å². The average Bonchev–Trinajstić information content (AvgIpc) is 2.73. The Kier molecular flexibility index (Phi) is 6.50. The molecule has 0 aromatic heterocycles. The Hall–Kier alpha value is -2.62. The first kappa shape index (κ1) is 20.1. The normalized spacial score (nSPS) is 11.0. The molecule has 28 heavy (non-hydrogen) atoms. The number of aryl methyl sites for hydroxylation is 1. The molecule has 6 heteroatoms. The number of halogens is 1. The van der Waals surface area contributed by atoms with Gasteiger partial charge in [0.2, 0.25) is 0 Å². The maximum absolute atomic E-state index is 13.3. The molecule has 0 bridgehead atoms. The Morgan fingerprint density at radius 3 is 2.14 bits per heavy atom. The van der Waals surface area contributed by atoms with Crippen LogP contribution in [-0.2, 0) is 16.4 Å². The lowest BCUT2D eigenvalue weighted by Gasteiger charge is -2.25. The van der Waals surface area contributed by atoms with Crippen molar-refractivity contribution in [3.8, 4) is 6.07 Å². The van der Waals surface area contributed by atoms with E-state index in [0.717, 1.165) is 10.9 Å². The monoisotopic (exact) mass is 454 g/mol. The highest BCUT2D eigenvalue weighted by Gasteiger charge is 2.24. The number of hydrogen-bond donors (Lipinski definition) is 0. The van der Waals surface area contributed by atoms with Crippen LogP contribution in [0.25, 0.3) is 0 Å². The van der Waals surface area contributed by atoms with Crippen molar-refractivity contribution in [1.29, 1.82) is 5.26 Å². The molecule has 0 aliphatic carbocycles. The van der Waals surface area contributed by atoms with E-state index in [4.69, 9.17) is 5.26 Å². The molecule has 3 aromatic carbocycles. The third kappa shape index (κ3) is 4.80. The summed E-state index contributed by atoms with van der Waals surface area (Å²) in [5, 5.41) is 8.95. The first-order chi connectivity index (χ1) is 13.5. The number of anilines is 1. The van der Waals surface area contributed by atoms with Crippen LogP contribution in [0.5, 0.6) is 0 Å². The van der Waals surface area contributed by atoms with E-state index >= 15 is 0 Å². The molecule has 3 rings (SSSR count). The fraction of sp³-hybridized carbons (Fsp3) is 0.136. The Morgan fingerprint density at radius 2 is 1.54 bits per heavy atom. The molecule has 0 heterocycles. The molecule has 0 saturated carbocycles. The van der Waals surface area contributed by atoms with Crippen molar-refractivity contribution < 1.29 is 8.42 Å². The van der Waals surface area contributed by atoms with E-state index < -0.39 is 10.0 Å². The highest BCUT2D eigenvalue weighted by Crippen LogP contribution is 2.26. The van der Waals surface area contributed by atoms with Crippen molar-refractivity contribution in [3.63, 3.8) is 0 Å². The van der Waals surface area contributed by atoms with Gasteiger partial charge in [-0.05, 0) is 66.9 Å². The highest BCUT2D eigenvalue weighted by molar-refractivity contribution is 9.10. The maximum Gasteiger partial charge on any atom is 0.264 e. The maximum atomic E-state index is 13.3. The summed E-state index contributed by atoms with van der Waals surface area (Å²) in [4.78, 5) is 0.175. The zero-order valence-corrected chi connectivity index (χ0v) is 17.5. The first-order valence-electron chi connectivity index (χ1n) is 8.83. The smallest absolute Gasteiger partial charge is 0.264 e. The minimum Gasteiger partial charge on any atom is -0.266 e. The minimum absolute atomic E-state index is 0.175. The molecule has 4 nitrogen and oxygen atoms in total. The Morgan fingerprint density at radius 1 is 0.893 bits per heavy atom. The lowest BCUT2D eigenvalue weighted by atomic mass is 10.1. The molecule has 0 spiro atoms. The van der Waals surface area contributed by atoms with Gasteiger partial charge in [0.15, 0.2) is 0 Å². The molecule has 0 radical (unpaired) electrons. The summed E-state index contributed by atoms with van der Waals surface area (Å²) in [6, 6.07) is 25.3. The van der Waals surface area contributed by atoms with Crippen molar-refractivity contribution in [3.05, 3.63) is 94.5 Å². The van der Waals surface area contributed by atoms with Crippen molar-refractivity contribution in [1.82, 2.24) is 0 Å². The SMILES string of the molecule is N#Cc1ccc(S(=O)(=O)N(CCCc2ccccc2)c2ccc(Br)cc2)cc1. The Balaban J connectivity index is 1.88. The predicted octanol–water partition coefficient (Wildman–Crippen LogP) is 5.15. The van der Waals surface area contributed by atoms with Gasteiger partial charge in [-0.1, -0.05) is 46.3 Å². The molecule has 0 N–H and O–H groups in total. The standard InChI is InChI=1S/C22H19BrN2O2S/c23-20-10-12-21(13-11-20)25(16-4-7-18-5-2-1-3-6-18)28(26,27)22-14-8-19(17-24)9-15-22/h1-3,5-6,8-15H,4,7,16H2. The summed E-state index contributed by atoms with van der Waals surface area (Å²) in [6.07, 6.45) is 1.48. The van der Waals surface area contributed by atoms with Gasteiger partial charge in [0, 0.05) is 11.0 Å². The fourth-order valence-electron chi connectivity index (χ4n) is 2.90. The minimum atomic E-state index is -3.74. The zero-order chi connectivity index (χ0) is 20.0. The van der Waals surface area contributed by atoms with Gasteiger partial charge >= 0.3 is 0 Å².